The summed E-state index contributed by atoms with van der Waals surface area (Å²) in [6, 6.07) is 5.11. The van der Waals surface area contributed by atoms with Crippen LogP contribution in [-0.2, 0) is 0 Å². The van der Waals surface area contributed by atoms with E-state index in [0.717, 1.165) is 0 Å². The minimum atomic E-state index is -1.15. The molecule has 0 aliphatic rings. The Balaban J connectivity index is 3.31. The van der Waals surface area contributed by atoms with E-state index in [1.807, 2.05) is 0 Å². The molecule has 1 amide bonds. The number of rotatable bonds is 3. The molecule has 0 radical (unpaired) electrons. The zero-order chi connectivity index (χ0) is 13.0. The largest absolute Gasteiger partial charge is 0.478 e. The van der Waals surface area contributed by atoms with Gasteiger partial charge in [-0.1, -0.05) is 12.1 Å². The van der Waals surface area contributed by atoms with Crippen molar-refractivity contribution in [1.82, 2.24) is 5.32 Å². The van der Waals surface area contributed by atoms with Gasteiger partial charge in [0.25, 0.3) is 5.91 Å². The van der Waals surface area contributed by atoms with E-state index in [2.05, 4.69) is 5.32 Å². The van der Waals surface area contributed by atoms with Crippen molar-refractivity contribution in [3.05, 3.63) is 34.4 Å². The molecule has 17 heavy (non-hydrogen) atoms. The molecule has 5 nitrogen and oxygen atoms in total. The average Bonchev–Trinajstić information content (AvgIpc) is 2.28. The van der Waals surface area contributed by atoms with Gasteiger partial charge in [0.1, 0.15) is 6.54 Å². The molecule has 0 saturated heterocycles. The van der Waals surface area contributed by atoms with Crippen LogP contribution in [0.4, 0.5) is 0 Å². The molecule has 1 aromatic carbocycles. The number of carboxylic acid groups (broad SMARTS) is 1. The topological polar surface area (TPSA) is 90.2 Å². The van der Waals surface area contributed by atoms with Gasteiger partial charge in [0.05, 0.1) is 17.2 Å². The van der Waals surface area contributed by atoms with Crippen molar-refractivity contribution in [2.75, 3.05) is 6.54 Å². The summed E-state index contributed by atoms with van der Waals surface area (Å²) in [4.78, 5) is 22.9. The van der Waals surface area contributed by atoms with Crippen LogP contribution in [0.15, 0.2) is 12.1 Å². The van der Waals surface area contributed by atoms with Crippen molar-refractivity contribution in [3.63, 3.8) is 0 Å². The van der Waals surface area contributed by atoms with Crippen LogP contribution < -0.4 is 5.32 Å². The number of carboxylic acids is 1. The predicted octanol–water partition coefficient (Wildman–Crippen LogP) is 1.26. The summed E-state index contributed by atoms with van der Waals surface area (Å²) in [5.74, 6) is -1.68. The molecule has 0 atom stereocenters. The molecular weight excluding hydrogens is 220 g/mol. The van der Waals surface area contributed by atoms with E-state index in [4.69, 9.17) is 10.4 Å². The van der Waals surface area contributed by atoms with Crippen molar-refractivity contribution >= 4 is 11.9 Å². The number of carbonyl (C=O) groups excluding carboxylic acids is 1. The number of nitrogens with one attached hydrogen (secondary N) is 1. The Morgan fingerprint density at radius 2 is 1.82 bits per heavy atom. The van der Waals surface area contributed by atoms with Crippen LogP contribution in [0, 0.1) is 25.2 Å². The monoisotopic (exact) mass is 232 g/mol. The first-order chi connectivity index (χ1) is 7.99. The fraction of sp³-hybridized carbons (Fsp3) is 0.250. The Bertz CT molecular complexity index is 515. The third-order valence-electron chi connectivity index (χ3n) is 2.39. The molecule has 0 aliphatic heterocycles. The predicted molar refractivity (Wildman–Crippen MR) is 60.8 cm³/mol. The minimum Gasteiger partial charge on any atom is -0.478 e. The third kappa shape index (κ3) is 2.61. The highest BCUT2D eigenvalue weighted by molar-refractivity contribution is 6.06. The maximum Gasteiger partial charge on any atom is 0.336 e. The molecule has 88 valence electrons. The van der Waals surface area contributed by atoms with Crippen molar-refractivity contribution in [2.45, 2.75) is 13.8 Å². The van der Waals surface area contributed by atoms with Crippen molar-refractivity contribution in [1.29, 1.82) is 5.26 Å². The molecule has 5 heteroatoms. The number of aromatic carboxylic acids is 1. The summed E-state index contributed by atoms with van der Waals surface area (Å²) >= 11 is 0. The van der Waals surface area contributed by atoms with Crippen LogP contribution in [0.5, 0.6) is 0 Å². The van der Waals surface area contributed by atoms with Crippen LogP contribution >= 0.6 is 0 Å². The quantitative estimate of drug-likeness (QED) is 0.767. The molecule has 1 rings (SSSR count). The van der Waals surface area contributed by atoms with Gasteiger partial charge in [0.2, 0.25) is 0 Å². The van der Waals surface area contributed by atoms with Crippen LogP contribution in [0.2, 0.25) is 0 Å². The number of nitrogens with zero attached hydrogens (tertiary/aromatic N) is 1. The zero-order valence-corrected chi connectivity index (χ0v) is 9.57. The van der Waals surface area contributed by atoms with E-state index >= 15 is 0 Å². The number of aryl methyl sites for hydroxylation is 2. The van der Waals surface area contributed by atoms with Crippen LogP contribution in [-0.4, -0.2) is 23.5 Å². The molecule has 1 aromatic rings. The number of hydrogen-bond acceptors (Lipinski definition) is 3. The lowest BCUT2D eigenvalue weighted by Gasteiger charge is -2.11. The number of hydrogen-bond donors (Lipinski definition) is 2. The second-order valence-electron chi connectivity index (χ2n) is 3.60. The number of carbonyl (C=O) groups is 2. The van der Waals surface area contributed by atoms with Crippen LogP contribution in [0.1, 0.15) is 31.8 Å². The molecule has 0 aliphatic carbocycles. The highest BCUT2D eigenvalue weighted by atomic mass is 16.4. The average molecular weight is 232 g/mol. The van der Waals surface area contributed by atoms with Gasteiger partial charge < -0.3 is 10.4 Å². The Morgan fingerprint density at radius 3 is 2.29 bits per heavy atom. The molecule has 0 bridgehead atoms. The summed E-state index contributed by atoms with van der Waals surface area (Å²) in [7, 11) is 0. The first kappa shape index (κ1) is 12.7. The van der Waals surface area contributed by atoms with Crippen LogP contribution in [0.25, 0.3) is 0 Å². The molecule has 0 saturated carbocycles. The highest BCUT2D eigenvalue weighted by Gasteiger charge is 2.20. The molecule has 2 N–H and O–H groups in total. The third-order valence-corrected chi connectivity index (χ3v) is 2.39. The molecule has 0 spiro atoms. The maximum absolute atomic E-state index is 11.8. The van der Waals surface area contributed by atoms with Gasteiger partial charge in [-0.15, -0.1) is 0 Å². The summed E-state index contributed by atoms with van der Waals surface area (Å²) in [6.45, 7) is 3.14. The minimum absolute atomic E-state index is 0.0135. The van der Waals surface area contributed by atoms with Gasteiger partial charge in [-0.3, -0.25) is 4.79 Å². The maximum atomic E-state index is 11.8. The van der Waals surface area contributed by atoms with Gasteiger partial charge in [-0.25, -0.2) is 4.79 Å². The lowest BCUT2D eigenvalue weighted by molar-refractivity contribution is 0.0690. The normalized spacial score (nSPS) is 9.47. The Labute approximate surface area is 98.7 Å². The van der Waals surface area contributed by atoms with Gasteiger partial charge in [0.15, 0.2) is 0 Å². The molecule has 0 unspecified atom stereocenters. The Hall–Kier alpha value is -2.35. The standard InChI is InChI=1S/C12H12N2O3/c1-7-3-4-8(2)10(12(16)17)9(7)11(15)14-6-5-13/h3-4H,6H2,1-2H3,(H,14,15)(H,16,17). The summed E-state index contributed by atoms with van der Waals surface area (Å²) in [6.07, 6.45) is 0. The molecule has 0 fully saturated rings. The number of nitriles is 1. The summed E-state index contributed by atoms with van der Waals surface area (Å²) in [5.41, 5.74) is 1.20. The molecule has 0 aromatic heterocycles. The van der Waals surface area contributed by atoms with Crippen molar-refractivity contribution < 1.29 is 14.7 Å². The smallest absolute Gasteiger partial charge is 0.336 e. The number of amides is 1. The van der Waals surface area contributed by atoms with Gasteiger partial charge in [0, 0.05) is 0 Å². The van der Waals surface area contributed by atoms with E-state index in [9.17, 15) is 9.59 Å². The lowest BCUT2D eigenvalue weighted by atomic mass is 9.96. The first-order valence-corrected chi connectivity index (χ1v) is 4.97. The fourth-order valence-electron chi connectivity index (χ4n) is 1.59. The van der Waals surface area contributed by atoms with E-state index in [0.29, 0.717) is 11.1 Å². The van der Waals surface area contributed by atoms with E-state index in [-0.39, 0.29) is 17.7 Å². The Kier molecular flexibility index (Phi) is 3.83. The summed E-state index contributed by atoms with van der Waals surface area (Å²) < 4.78 is 0. The van der Waals surface area contributed by atoms with E-state index in [1.165, 1.54) is 0 Å². The second-order valence-corrected chi connectivity index (χ2v) is 3.60. The van der Waals surface area contributed by atoms with Crippen LogP contribution in [0.3, 0.4) is 0 Å². The number of benzene rings is 1. The van der Waals surface area contributed by atoms with Gasteiger partial charge in [-0.05, 0) is 25.0 Å². The second kappa shape index (κ2) is 5.12. The Morgan fingerprint density at radius 1 is 1.29 bits per heavy atom. The van der Waals surface area contributed by atoms with E-state index < -0.39 is 11.9 Å². The highest BCUT2D eigenvalue weighted by Crippen LogP contribution is 2.18. The SMILES string of the molecule is Cc1ccc(C)c(C(=O)NCC#N)c1C(=O)O. The lowest BCUT2D eigenvalue weighted by Crippen LogP contribution is -2.27. The van der Waals surface area contributed by atoms with Gasteiger partial charge >= 0.3 is 5.97 Å². The first-order valence-electron chi connectivity index (χ1n) is 4.97. The van der Waals surface area contributed by atoms with E-state index in [1.54, 1.807) is 32.0 Å². The summed E-state index contributed by atoms with van der Waals surface area (Å²) in [5, 5.41) is 19.8. The van der Waals surface area contributed by atoms with Crippen molar-refractivity contribution in [2.24, 2.45) is 0 Å². The zero-order valence-electron chi connectivity index (χ0n) is 9.57. The van der Waals surface area contributed by atoms with Crippen molar-refractivity contribution in [3.8, 4) is 6.07 Å². The molecular formula is C12H12N2O3. The fourth-order valence-corrected chi connectivity index (χ4v) is 1.59. The van der Waals surface area contributed by atoms with Gasteiger partial charge in [-0.2, -0.15) is 5.26 Å². The molecule has 0 heterocycles.